The van der Waals surface area contributed by atoms with Crippen molar-refractivity contribution in [3.8, 4) is 0 Å². The number of hydrogen-bond donors (Lipinski definition) is 1. The van der Waals surface area contributed by atoms with Gasteiger partial charge in [0.05, 0.1) is 6.10 Å². The van der Waals surface area contributed by atoms with Crippen LogP contribution < -0.4 is 0 Å². The van der Waals surface area contributed by atoms with E-state index in [9.17, 15) is 9.46 Å². The Hall–Kier alpha value is 0.150. The monoisotopic (exact) mass is 232 g/mol. The first-order valence-electron chi connectivity index (χ1n) is 5.65. The maximum atomic E-state index is 11.3. The fraction of sp³-hybridized carbons (Fsp3) is 1.00. The SMILES string of the molecule is CC1(C)[C@@H]2CC[C@@]1(C)C(OP(C)(=O)O)C2. The summed E-state index contributed by atoms with van der Waals surface area (Å²) in [5.41, 5.74) is 0.318. The van der Waals surface area contributed by atoms with E-state index in [-0.39, 0.29) is 16.9 Å². The first kappa shape index (κ1) is 11.6. The van der Waals surface area contributed by atoms with Crippen LogP contribution in [0.15, 0.2) is 0 Å². The fourth-order valence-electron chi connectivity index (χ4n) is 3.53. The van der Waals surface area contributed by atoms with Crippen LogP contribution in [-0.2, 0) is 9.09 Å². The molecule has 2 rings (SSSR count). The van der Waals surface area contributed by atoms with Crippen LogP contribution in [0.4, 0.5) is 0 Å². The number of fused-ring (bicyclic) bond motifs is 2. The first-order valence-corrected chi connectivity index (χ1v) is 7.68. The summed E-state index contributed by atoms with van der Waals surface area (Å²) in [5.74, 6) is 0.652. The van der Waals surface area contributed by atoms with Crippen molar-refractivity contribution >= 4 is 7.60 Å². The highest BCUT2D eigenvalue weighted by Gasteiger charge is 2.62. The van der Waals surface area contributed by atoms with E-state index < -0.39 is 7.60 Å². The third-order valence-corrected chi connectivity index (χ3v) is 5.68. The Morgan fingerprint density at radius 3 is 2.33 bits per heavy atom. The Balaban J connectivity index is 2.23. The summed E-state index contributed by atoms with van der Waals surface area (Å²) in [6.45, 7) is 8.04. The highest BCUT2D eigenvalue weighted by atomic mass is 31.2. The molecule has 88 valence electrons. The minimum Gasteiger partial charge on any atom is -0.324 e. The van der Waals surface area contributed by atoms with Crippen molar-refractivity contribution in [1.82, 2.24) is 0 Å². The molecule has 4 heteroatoms. The zero-order valence-electron chi connectivity index (χ0n) is 9.99. The molecule has 2 unspecified atom stereocenters. The lowest BCUT2D eigenvalue weighted by Gasteiger charge is -2.39. The highest BCUT2D eigenvalue weighted by molar-refractivity contribution is 7.51. The molecule has 2 aliphatic rings. The molecule has 15 heavy (non-hydrogen) atoms. The standard InChI is InChI=1S/C11H21O3P/c1-10(2)8-5-6-11(10,3)9(7-8)14-15(4,12)13/h8-9H,5-7H2,1-4H3,(H,12,13)/t8-,9?,11+/m1/s1. The molecule has 1 N–H and O–H groups in total. The van der Waals surface area contributed by atoms with E-state index in [1.165, 1.54) is 13.1 Å². The normalized spacial score (nSPS) is 46.7. The zero-order chi connectivity index (χ0) is 11.5. The van der Waals surface area contributed by atoms with Crippen LogP contribution in [0.5, 0.6) is 0 Å². The van der Waals surface area contributed by atoms with Crippen LogP contribution in [0.25, 0.3) is 0 Å². The third kappa shape index (κ3) is 1.60. The van der Waals surface area contributed by atoms with Gasteiger partial charge in [0, 0.05) is 6.66 Å². The smallest absolute Gasteiger partial charge is 0.324 e. The predicted molar refractivity (Wildman–Crippen MR) is 59.9 cm³/mol. The summed E-state index contributed by atoms with van der Waals surface area (Å²) >= 11 is 0. The van der Waals surface area contributed by atoms with Gasteiger partial charge in [-0.25, -0.2) is 0 Å². The lowest BCUT2D eigenvalue weighted by atomic mass is 9.70. The molecule has 0 amide bonds. The average molecular weight is 232 g/mol. The van der Waals surface area contributed by atoms with Crippen LogP contribution in [0.2, 0.25) is 0 Å². The third-order valence-electron chi connectivity index (χ3n) is 5.04. The molecule has 0 heterocycles. The van der Waals surface area contributed by atoms with Crippen LogP contribution in [0.3, 0.4) is 0 Å². The lowest BCUT2D eigenvalue weighted by molar-refractivity contribution is 0.0243. The molecular formula is C11H21O3P. The second-order valence-corrected chi connectivity index (χ2v) is 7.82. The van der Waals surface area contributed by atoms with E-state index in [1.54, 1.807) is 0 Å². The molecule has 2 aliphatic carbocycles. The highest BCUT2D eigenvalue weighted by Crippen LogP contribution is 2.67. The minimum absolute atomic E-state index is 0.0351. The second-order valence-electron chi connectivity index (χ2n) is 6.01. The fourth-order valence-corrected chi connectivity index (χ4v) is 4.32. The summed E-state index contributed by atoms with van der Waals surface area (Å²) < 4.78 is 16.7. The van der Waals surface area contributed by atoms with E-state index in [2.05, 4.69) is 20.8 Å². The zero-order valence-corrected chi connectivity index (χ0v) is 10.9. The molecule has 0 radical (unpaired) electrons. The van der Waals surface area contributed by atoms with Gasteiger partial charge < -0.3 is 9.42 Å². The Bertz CT molecular complexity index is 320. The van der Waals surface area contributed by atoms with Crippen molar-refractivity contribution in [2.45, 2.75) is 46.1 Å². The molecule has 4 atom stereocenters. The molecule has 0 saturated heterocycles. The largest absolute Gasteiger partial charge is 0.325 e. The first-order chi connectivity index (χ1) is 6.67. The van der Waals surface area contributed by atoms with Crippen LogP contribution >= 0.6 is 7.60 Å². The van der Waals surface area contributed by atoms with Crippen LogP contribution in [0.1, 0.15) is 40.0 Å². The van der Waals surface area contributed by atoms with E-state index in [0.29, 0.717) is 5.92 Å². The molecule has 0 aromatic rings. The number of hydrogen-bond acceptors (Lipinski definition) is 2. The Morgan fingerprint density at radius 2 is 2.00 bits per heavy atom. The summed E-state index contributed by atoms with van der Waals surface area (Å²) in [5, 5.41) is 0. The van der Waals surface area contributed by atoms with Gasteiger partial charge in [0.15, 0.2) is 0 Å². The van der Waals surface area contributed by atoms with Gasteiger partial charge in [-0.2, -0.15) is 0 Å². The van der Waals surface area contributed by atoms with Crippen molar-refractivity contribution in [3.63, 3.8) is 0 Å². The quantitative estimate of drug-likeness (QED) is 0.744. The lowest BCUT2D eigenvalue weighted by Crippen LogP contribution is -2.36. The topological polar surface area (TPSA) is 46.5 Å². The molecule has 0 spiro atoms. The van der Waals surface area contributed by atoms with E-state index in [1.807, 2.05) is 0 Å². The molecule has 2 fully saturated rings. The van der Waals surface area contributed by atoms with E-state index in [0.717, 1.165) is 12.8 Å². The van der Waals surface area contributed by atoms with E-state index >= 15 is 0 Å². The molecule has 2 saturated carbocycles. The van der Waals surface area contributed by atoms with Gasteiger partial charge in [-0.3, -0.25) is 4.57 Å². The Morgan fingerprint density at radius 1 is 1.40 bits per heavy atom. The van der Waals surface area contributed by atoms with Crippen molar-refractivity contribution in [1.29, 1.82) is 0 Å². The van der Waals surface area contributed by atoms with Crippen molar-refractivity contribution < 1.29 is 14.0 Å². The molecule has 0 aromatic heterocycles. The second kappa shape index (κ2) is 3.09. The molecule has 2 bridgehead atoms. The van der Waals surface area contributed by atoms with Gasteiger partial charge in [-0.15, -0.1) is 0 Å². The summed E-state index contributed by atoms with van der Waals surface area (Å²) in [6.07, 6.45) is 3.27. The molecular weight excluding hydrogens is 211 g/mol. The van der Waals surface area contributed by atoms with Gasteiger partial charge >= 0.3 is 7.60 Å². The van der Waals surface area contributed by atoms with E-state index in [4.69, 9.17) is 4.52 Å². The van der Waals surface area contributed by atoms with Gasteiger partial charge in [-0.1, -0.05) is 20.8 Å². The molecule has 3 nitrogen and oxygen atoms in total. The van der Waals surface area contributed by atoms with Crippen LogP contribution in [0, 0.1) is 16.7 Å². The van der Waals surface area contributed by atoms with Crippen molar-refractivity contribution in [3.05, 3.63) is 0 Å². The maximum absolute atomic E-state index is 11.3. The van der Waals surface area contributed by atoms with Gasteiger partial charge in [-0.05, 0) is 36.0 Å². The maximum Gasteiger partial charge on any atom is 0.325 e. The summed E-state index contributed by atoms with van der Waals surface area (Å²) in [7, 11) is -3.34. The van der Waals surface area contributed by atoms with Gasteiger partial charge in [0.25, 0.3) is 0 Å². The van der Waals surface area contributed by atoms with Crippen molar-refractivity contribution in [2.75, 3.05) is 6.66 Å². The average Bonchev–Trinajstić information content (AvgIpc) is 2.34. The summed E-state index contributed by atoms with van der Waals surface area (Å²) in [6, 6.07) is 0. The van der Waals surface area contributed by atoms with Crippen molar-refractivity contribution in [2.24, 2.45) is 16.7 Å². The Kier molecular flexibility index (Phi) is 2.39. The Labute approximate surface area is 91.7 Å². The number of rotatable bonds is 2. The van der Waals surface area contributed by atoms with Crippen LogP contribution in [-0.4, -0.2) is 17.7 Å². The molecule has 0 aromatic carbocycles. The summed E-state index contributed by atoms with van der Waals surface area (Å²) in [4.78, 5) is 9.32. The van der Waals surface area contributed by atoms with Gasteiger partial charge in [0.1, 0.15) is 0 Å². The minimum atomic E-state index is -3.34. The molecule has 0 aliphatic heterocycles. The van der Waals surface area contributed by atoms with Gasteiger partial charge in [0.2, 0.25) is 0 Å². The predicted octanol–water partition coefficient (Wildman–Crippen LogP) is 3.03.